The van der Waals surface area contributed by atoms with Crippen molar-refractivity contribution in [2.75, 3.05) is 13.7 Å². The number of carbonyl (C=O) groups is 2. The zero-order chi connectivity index (χ0) is 25.1. The molecule has 0 amide bonds. The third-order valence-corrected chi connectivity index (χ3v) is 6.50. The molecule has 184 valence electrons. The number of benzene rings is 2. The van der Waals surface area contributed by atoms with Crippen LogP contribution in [0.3, 0.4) is 0 Å². The second-order valence-corrected chi connectivity index (χ2v) is 9.25. The van der Waals surface area contributed by atoms with Crippen LogP contribution in [0.5, 0.6) is 11.5 Å². The van der Waals surface area contributed by atoms with Gasteiger partial charge in [0.25, 0.3) is 0 Å². The molecule has 2 aromatic rings. The summed E-state index contributed by atoms with van der Waals surface area (Å²) in [6.45, 7) is 8.03. The molecule has 6 nitrogen and oxygen atoms in total. The Balaban J connectivity index is 1.75. The van der Waals surface area contributed by atoms with E-state index in [1.807, 2.05) is 76.2 Å². The van der Waals surface area contributed by atoms with Crippen LogP contribution >= 0.6 is 0 Å². The van der Waals surface area contributed by atoms with E-state index in [2.05, 4.69) is 5.32 Å². The van der Waals surface area contributed by atoms with Gasteiger partial charge in [0.1, 0.15) is 11.5 Å². The molecular weight excluding hydrogens is 442 g/mol. The maximum Gasteiger partial charge on any atom is 0.337 e. The Kier molecular flexibility index (Phi) is 7.29. The van der Waals surface area contributed by atoms with Crippen molar-refractivity contribution in [2.24, 2.45) is 0 Å². The highest BCUT2D eigenvalue weighted by molar-refractivity contribution is 6.04. The fourth-order valence-corrected chi connectivity index (χ4v) is 4.96. The smallest absolute Gasteiger partial charge is 0.337 e. The second-order valence-electron chi connectivity index (χ2n) is 9.25. The summed E-state index contributed by atoms with van der Waals surface area (Å²) in [4.78, 5) is 26.9. The van der Waals surface area contributed by atoms with E-state index in [-0.39, 0.29) is 17.8 Å². The minimum absolute atomic E-state index is 0.0424. The minimum Gasteiger partial charge on any atom is -0.497 e. The van der Waals surface area contributed by atoms with Crippen molar-refractivity contribution in [1.82, 2.24) is 5.32 Å². The Labute approximate surface area is 207 Å². The van der Waals surface area contributed by atoms with Crippen molar-refractivity contribution in [3.05, 3.63) is 82.2 Å². The van der Waals surface area contributed by atoms with Crippen molar-refractivity contribution in [2.45, 2.75) is 58.5 Å². The molecule has 2 atom stereocenters. The van der Waals surface area contributed by atoms with Crippen LogP contribution in [-0.4, -0.2) is 31.6 Å². The van der Waals surface area contributed by atoms with Gasteiger partial charge in [0, 0.05) is 29.3 Å². The van der Waals surface area contributed by atoms with Gasteiger partial charge < -0.3 is 19.5 Å². The van der Waals surface area contributed by atoms with E-state index in [4.69, 9.17) is 14.2 Å². The lowest BCUT2D eigenvalue weighted by atomic mass is 9.71. The van der Waals surface area contributed by atoms with E-state index in [0.717, 1.165) is 34.0 Å². The van der Waals surface area contributed by atoms with Crippen molar-refractivity contribution in [3.63, 3.8) is 0 Å². The standard InChI is InChI=1S/C29H33NO5/c1-6-34-23-13-9-20(10-14-23)27-26(29(32)35-17(2)3)18(4)30-24-15-21(16-25(31)28(24)27)19-7-11-22(33-5)12-8-19/h7-14,17,21,27,30H,6,15-16H2,1-5H3/t21-,27-/m0/s1. The summed E-state index contributed by atoms with van der Waals surface area (Å²) in [5, 5.41) is 3.39. The highest BCUT2D eigenvalue weighted by atomic mass is 16.5. The first-order valence-corrected chi connectivity index (χ1v) is 12.1. The summed E-state index contributed by atoms with van der Waals surface area (Å²) in [6.07, 6.45) is 0.803. The average molecular weight is 476 g/mol. The highest BCUT2D eigenvalue weighted by Crippen LogP contribution is 2.46. The molecule has 6 heteroatoms. The minimum atomic E-state index is -0.488. The van der Waals surface area contributed by atoms with Gasteiger partial charge in [-0.15, -0.1) is 0 Å². The van der Waals surface area contributed by atoms with E-state index < -0.39 is 11.9 Å². The molecule has 0 fully saturated rings. The Morgan fingerprint density at radius 1 is 1.00 bits per heavy atom. The zero-order valence-electron chi connectivity index (χ0n) is 21.0. The SMILES string of the molecule is CCOc1ccc([C@H]2C(C(=O)OC(C)C)=C(C)NC3=C2C(=O)C[C@@H](c2ccc(OC)cc2)C3)cc1. The van der Waals surface area contributed by atoms with Gasteiger partial charge in [-0.1, -0.05) is 24.3 Å². The second kappa shape index (κ2) is 10.4. The first kappa shape index (κ1) is 24.6. The molecule has 0 aromatic heterocycles. The van der Waals surface area contributed by atoms with E-state index in [9.17, 15) is 9.59 Å². The van der Waals surface area contributed by atoms with Crippen LogP contribution < -0.4 is 14.8 Å². The van der Waals surface area contributed by atoms with Gasteiger partial charge in [-0.3, -0.25) is 4.79 Å². The lowest BCUT2D eigenvalue weighted by molar-refractivity contribution is -0.143. The number of rotatable bonds is 7. The number of nitrogens with one attached hydrogen (secondary N) is 1. The van der Waals surface area contributed by atoms with Gasteiger partial charge in [-0.25, -0.2) is 4.79 Å². The number of hydrogen-bond donors (Lipinski definition) is 1. The third kappa shape index (κ3) is 5.11. The summed E-state index contributed by atoms with van der Waals surface area (Å²) in [7, 11) is 1.64. The fourth-order valence-electron chi connectivity index (χ4n) is 4.96. The van der Waals surface area contributed by atoms with Crippen LogP contribution in [0.4, 0.5) is 0 Å². The van der Waals surface area contributed by atoms with Crippen LogP contribution in [0.2, 0.25) is 0 Å². The van der Waals surface area contributed by atoms with Gasteiger partial charge >= 0.3 is 5.97 Å². The van der Waals surface area contributed by atoms with Gasteiger partial charge in [-0.2, -0.15) is 0 Å². The van der Waals surface area contributed by atoms with Gasteiger partial charge in [0.15, 0.2) is 5.78 Å². The fraction of sp³-hybridized carbons (Fsp3) is 0.379. The Morgan fingerprint density at radius 3 is 2.23 bits per heavy atom. The topological polar surface area (TPSA) is 73.9 Å². The quantitative estimate of drug-likeness (QED) is 0.540. The van der Waals surface area contributed by atoms with Crippen molar-refractivity contribution in [1.29, 1.82) is 0 Å². The van der Waals surface area contributed by atoms with E-state index in [1.54, 1.807) is 7.11 Å². The third-order valence-electron chi connectivity index (χ3n) is 6.50. The molecule has 0 unspecified atom stereocenters. The lowest BCUT2D eigenvalue weighted by Crippen LogP contribution is -2.36. The number of hydrogen-bond acceptors (Lipinski definition) is 6. The predicted octanol–water partition coefficient (Wildman–Crippen LogP) is 5.41. The summed E-state index contributed by atoms with van der Waals surface area (Å²) in [5.74, 6) is 0.742. The number of ether oxygens (including phenoxy) is 3. The molecule has 0 saturated heterocycles. The van der Waals surface area contributed by atoms with E-state index in [0.29, 0.717) is 30.6 Å². The molecule has 2 aromatic carbocycles. The number of Topliss-reactive ketones (excluding diaryl/α,β-unsaturated/α-hetero) is 1. The number of esters is 1. The largest absolute Gasteiger partial charge is 0.497 e. The summed E-state index contributed by atoms with van der Waals surface area (Å²) < 4.78 is 16.5. The molecular formula is C29H33NO5. The van der Waals surface area contributed by atoms with Gasteiger partial charge in [-0.05, 0) is 75.4 Å². The van der Waals surface area contributed by atoms with Crippen molar-refractivity contribution in [3.8, 4) is 11.5 Å². The molecule has 1 aliphatic carbocycles. The Bertz CT molecular complexity index is 1160. The highest BCUT2D eigenvalue weighted by Gasteiger charge is 2.41. The first-order valence-electron chi connectivity index (χ1n) is 12.1. The molecule has 1 heterocycles. The van der Waals surface area contributed by atoms with Gasteiger partial charge in [0.05, 0.1) is 25.4 Å². The number of allylic oxidation sites excluding steroid dienone is 3. The van der Waals surface area contributed by atoms with Crippen LogP contribution in [-0.2, 0) is 14.3 Å². The normalized spacial score (nSPS) is 19.9. The maximum absolute atomic E-state index is 13.7. The predicted molar refractivity (Wildman–Crippen MR) is 134 cm³/mol. The van der Waals surface area contributed by atoms with E-state index >= 15 is 0 Å². The zero-order valence-corrected chi connectivity index (χ0v) is 21.0. The Morgan fingerprint density at radius 2 is 1.63 bits per heavy atom. The number of carbonyl (C=O) groups excluding carboxylic acids is 2. The van der Waals surface area contributed by atoms with Crippen LogP contribution in [0.15, 0.2) is 71.1 Å². The molecule has 0 bridgehead atoms. The van der Waals surface area contributed by atoms with Crippen LogP contribution in [0.25, 0.3) is 0 Å². The number of methoxy groups -OCH3 is 1. The molecule has 1 N–H and O–H groups in total. The van der Waals surface area contributed by atoms with Crippen LogP contribution in [0, 0.1) is 0 Å². The Hall–Kier alpha value is -3.54. The molecule has 0 saturated carbocycles. The summed E-state index contributed by atoms with van der Waals surface area (Å²) in [6, 6.07) is 15.5. The van der Waals surface area contributed by atoms with E-state index in [1.165, 1.54) is 0 Å². The maximum atomic E-state index is 13.7. The molecule has 1 aliphatic heterocycles. The van der Waals surface area contributed by atoms with Crippen LogP contribution in [0.1, 0.15) is 63.5 Å². The molecule has 0 radical (unpaired) electrons. The average Bonchev–Trinajstić information content (AvgIpc) is 2.83. The summed E-state index contributed by atoms with van der Waals surface area (Å²) >= 11 is 0. The molecule has 4 rings (SSSR count). The molecule has 35 heavy (non-hydrogen) atoms. The van der Waals surface area contributed by atoms with Crippen molar-refractivity contribution >= 4 is 11.8 Å². The number of dihydropyridines is 1. The lowest BCUT2D eigenvalue weighted by Gasteiger charge is -2.37. The summed E-state index contributed by atoms with van der Waals surface area (Å²) in [5.41, 5.74) is 4.69. The van der Waals surface area contributed by atoms with Crippen molar-refractivity contribution < 1.29 is 23.8 Å². The number of ketones is 1. The first-order chi connectivity index (χ1) is 16.8. The molecule has 0 spiro atoms. The van der Waals surface area contributed by atoms with Gasteiger partial charge in [0.2, 0.25) is 0 Å². The molecule has 2 aliphatic rings. The monoisotopic (exact) mass is 475 g/mol.